The number of halogens is 7. The molecule has 0 radical (unpaired) electrons. The minimum Gasteiger partial charge on any atom is -0.421 e. The van der Waals surface area contributed by atoms with Gasteiger partial charge in [-0.05, 0) is 0 Å². The Morgan fingerprint density at radius 1 is 1.29 bits per heavy atom. The Morgan fingerprint density at radius 3 is 2.29 bits per heavy atom. The smallest absolute Gasteiger partial charge is 0.421 e. The lowest BCUT2D eigenvalue weighted by atomic mass is 10.5. The third kappa shape index (κ3) is 2.91. The van der Waals surface area contributed by atoms with Gasteiger partial charge in [-0.25, -0.2) is 9.13 Å². The van der Waals surface area contributed by atoms with E-state index in [0.29, 0.717) is 0 Å². The van der Waals surface area contributed by atoms with Crippen molar-refractivity contribution in [2.45, 2.75) is 18.4 Å². The van der Waals surface area contributed by atoms with Gasteiger partial charge in [-0.3, -0.25) is 4.74 Å². The van der Waals surface area contributed by atoms with Gasteiger partial charge in [-0.2, -0.15) is 13.2 Å². The second-order valence-electron chi connectivity index (χ2n) is 2.51. The van der Waals surface area contributed by atoms with E-state index in [9.17, 15) is 30.7 Å². The highest BCUT2D eigenvalue weighted by Crippen LogP contribution is 2.44. The fourth-order valence-corrected chi connectivity index (χ4v) is 0.727. The molecule has 0 aromatic heterocycles. The lowest BCUT2D eigenvalue weighted by Crippen LogP contribution is -2.51. The zero-order valence-corrected chi connectivity index (χ0v) is 7.56. The van der Waals surface area contributed by atoms with Crippen LogP contribution in [0.25, 0.3) is 0 Å². The van der Waals surface area contributed by atoms with Crippen molar-refractivity contribution >= 4 is 0 Å². The molecule has 0 aromatic rings. The van der Waals surface area contributed by atoms with E-state index < -0.39 is 31.3 Å². The summed E-state index contributed by atoms with van der Waals surface area (Å²) in [7, 11) is 0. The molecule has 1 aliphatic rings. The minimum atomic E-state index is -5.46. The van der Waals surface area contributed by atoms with Gasteiger partial charge in [0.25, 0.3) is 0 Å². The molecule has 0 N–H and O–H groups in total. The van der Waals surface area contributed by atoms with Crippen molar-refractivity contribution in [3.63, 3.8) is 0 Å². The van der Waals surface area contributed by atoms with Crippen molar-refractivity contribution < 1.29 is 49.7 Å². The molecule has 1 rings (SSSR count). The maximum Gasteiger partial charge on any atom is 0.506 e. The quantitative estimate of drug-likeness (QED) is 0.569. The molecular formula is C6H3F7O4. The molecule has 0 aromatic carbocycles. The fraction of sp³-hybridized carbons (Fsp3) is 0.667. The maximum atomic E-state index is 13.0. The van der Waals surface area contributed by atoms with E-state index in [1.165, 1.54) is 0 Å². The van der Waals surface area contributed by atoms with Gasteiger partial charge in [0, 0.05) is 0 Å². The molecule has 0 fully saturated rings. The van der Waals surface area contributed by atoms with Crippen molar-refractivity contribution in [3.8, 4) is 0 Å². The zero-order chi connectivity index (χ0) is 13.3. The van der Waals surface area contributed by atoms with E-state index in [-0.39, 0.29) is 6.26 Å². The van der Waals surface area contributed by atoms with Gasteiger partial charge in [-0.1, -0.05) is 0 Å². The Balaban J connectivity index is 2.75. The van der Waals surface area contributed by atoms with Crippen LogP contribution in [0.2, 0.25) is 0 Å². The number of rotatable bonds is 5. The van der Waals surface area contributed by atoms with Crippen LogP contribution in [0, 0.1) is 0 Å². The Morgan fingerprint density at radius 2 is 1.88 bits per heavy atom. The molecule has 0 saturated carbocycles. The van der Waals surface area contributed by atoms with Gasteiger partial charge in [-0.15, -0.1) is 13.2 Å². The van der Waals surface area contributed by atoms with Gasteiger partial charge < -0.3 is 9.47 Å². The molecule has 1 aliphatic heterocycles. The zero-order valence-electron chi connectivity index (χ0n) is 7.56. The third-order valence-corrected chi connectivity index (χ3v) is 1.35. The van der Waals surface area contributed by atoms with Crippen molar-refractivity contribution in [1.29, 1.82) is 0 Å². The number of hydrogen-bond acceptors (Lipinski definition) is 4. The minimum absolute atomic E-state index is 0.231. The average molecular weight is 272 g/mol. The molecule has 1 atom stereocenters. The molecular weight excluding hydrogens is 269 g/mol. The molecule has 1 heterocycles. The highest BCUT2D eigenvalue weighted by molar-refractivity contribution is 4.88. The molecule has 17 heavy (non-hydrogen) atoms. The Kier molecular flexibility index (Phi) is 3.43. The normalized spacial score (nSPS) is 25.2. The van der Waals surface area contributed by atoms with Gasteiger partial charge in [0.05, 0.1) is 0 Å². The fourth-order valence-electron chi connectivity index (χ4n) is 0.727. The van der Waals surface area contributed by atoms with E-state index in [1.807, 2.05) is 0 Å². The van der Waals surface area contributed by atoms with E-state index in [4.69, 9.17) is 0 Å². The van der Waals surface area contributed by atoms with Crippen molar-refractivity contribution in [1.82, 2.24) is 0 Å². The predicted molar refractivity (Wildman–Crippen MR) is 33.2 cm³/mol. The van der Waals surface area contributed by atoms with Crippen LogP contribution >= 0.6 is 0 Å². The second kappa shape index (κ2) is 4.22. The summed E-state index contributed by atoms with van der Waals surface area (Å²) in [6, 6.07) is -6.56. The van der Waals surface area contributed by atoms with E-state index >= 15 is 0 Å². The highest BCUT2D eigenvalue weighted by atomic mass is 19.3. The largest absolute Gasteiger partial charge is 0.506 e. The van der Waals surface area contributed by atoms with Gasteiger partial charge in [0.1, 0.15) is 0 Å². The summed E-state index contributed by atoms with van der Waals surface area (Å²) in [4.78, 5) is 0. The summed E-state index contributed by atoms with van der Waals surface area (Å²) in [5, 5.41) is 0. The van der Waals surface area contributed by atoms with Crippen LogP contribution in [-0.4, -0.2) is 25.3 Å². The summed E-state index contributed by atoms with van der Waals surface area (Å²) in [5.41, 5.74) is 0. The van der Waals surface area contributed by atoms with Crippen LogP contribution in [0.5, 0.6) is 0 Å². The van der Waals surface area contributed by atoms with Gasteiger partial charge in [0.2, 0.25) is 0 Å². The van der Waals surface area contributed by atoms with E-state index in [1.54, 1.807) is 0 Å². The first-order valence-electron chi connectivity index (χ1n) is 3.69. The third-order valence-electron chi connectivity index (χ3n) is 1.35. The second-order valence-corrected chi connectivity index (χ2v) is 2.51. The van der Waals surface area contributed by atoms with E-state index in [2.05, 4.69) is 18.9 Å². The van der Waals surface area contributed by atoms with Gasteiger partial charge in [0.15, 0.2) is 13.1 Å². The molecule has 1 unspecified atom stereocenters. The first-order valence-corrected chi connectivity index (χ1v) is 3.69. The van der Waals surface area contributed by atoms with E-state index in [0.717, 1.165) is 0 Å². The number of ether oxygens (including phenoxy) is 4. The van der Waals surface area contributed by atoms with Crippen molar-refractivity contribution in [2.24, 2.45) is 0 Å². The molecule has 11 heteroatoms. The van der Waals surface area contributed by atoms with Crippen molar-refractivity contribution in [3.05, 3.63) is 12.3 Å². The van der Waals surface area contributed by atoms with Crippen LogP contribution in [0.15, 0.2) is 12.3 Å². The molecule has 0 saturated heterocycles. The molecule has 100 valence electrons. The first-order chi connectivity index (χ1) is 7.62. The lowest BCUT2D eigenvalue weighted by molar-refractivity contribution is -0.532. The predicted octanol–water partition coefficient (Wildman–Crippen LogP) is 2.53. The SMILES string of the molecule is FCOC(F)(F)OC(F)(F)C1(F)OC=C(F)O1. The monoisotopic (exact) mass is 272 g/mol. The number of hydrogen-bond donors (Lipinski definition) is 0. The summed E-state index contributed by atoms with van der Waals surface area (Å²) in [6.45, 7) is -2.18. The molecule has 0 aliphatic carbocycles. The van der Waals surface area contributed by atoms with Crippen LogP contribution in [0.3, 0.4) is 0 Å². The Bertz CT molecular complexity index is 319. The summed E-state index contributed by atoms with van der Waals surface area (Å²) in [6.07, 6.45) is -10.9. The van der Waals surface area contributed by atoms with Gasteiger partial charge >= 0.3 is 24.5 Å². The number of alkyl halides is 6. The van der Waals surface area contributed by atoms with Crippen LogP contribution < -0.4 is 0 Å². The summed E-state index contributed by atoms with van der Waals surface area (Å²) in [5.74, 6) is 0. The van der Waals surface area contributed by atoms with Crippen molar-refractivity contribution in [2.75, 3.05) is 6.86 Å². The summed E-state index contributed by atoms with van der Waals surface area (Å²) >= 11 is 0. The van der Waals surface area contributed by atoms with Crippen LogP contribution in [-0.2, 0) is 18.9 Å². The molecule has 4 nitrogen and oxygen atoms in total. The Hall–Kier alpha value is -1.23. The Labute approximate surface area is 88.5 Å². The molecule has 0 amide bonds. The maximum absolute atomic E-state index is 13.0. The van der Waals surface area contributed by atoms with Crippen LogP contribution in [0.1, 0.15) is 0 Å². The summed E-state index contributed by atoms with van der Waals surface area (Å²) < 4.78 is 98.5. The standard InChI is InChI=1S/C6H3F7O4/c7-2-15-6(12,13)17-4(9,10)5(11)14-1-3(8)16-5/h1H,2H2. The average Bonchev–Trinajstić information content (AvgIpc) is 2.45. The highest BCUT2D eigenvalue weighted by Gasteiger charge is 2.69. The van der Waals surface area contributed by atoms with Crippen LogP contribution in [0.4, 0.5) is 30.7 Å². The topological polar surface area (TPSA) is 36.9 Å². The lowest BCUT2D eigenvalue weighted by Gasteiger charge is -2.28. The first kappa shape index (κ1) is 13.8. The molecule has 0 spiro atoms. The molecule has 0 bridgehead atoms.